The maximum atomic E-state index is 11.7. The molecule has 21 heavy (non-hydrogen) atoms. The summed E-state index contributed by atoms with van der Waals surface area (Å²) in [5.74, 6) is 0.947. The van der Waals surface area contributed by atoms with Gasteiger partial charge in [-0.3, -0.25) is 4.79 Å². The van der Waals surface area contributed by atoms with E-state index < -0.39 is 0 Å². The number of carbonyl (C=O) groups is 1. The average Bonchev–Trinajstić information content (AvgIpc) is 2.45. The molecule has 108 valence electrons. The normalized spacial score (nSPS) is 20.1. The molecule has 0 radical (unpaired) electrons. The molecule has 0 atom stereocenters. The SMILES string of the molecule is CC1(C)CN(C2=CC(=O)CCC2)c2cc(C#N)ccc2O1. The summed E-state index contributed by atoms with van der Waals surface area (Å²) in [4.78, 5) is 13.9. The number of allylic oxidation sites excluding steroid dienone is 2. The zero-order valence-corrected chi connectivity index (χ0v) is 12.3. The van der Waals surface area contributed by atoms with Crippen LogP contribution in [0.1, 0.15) is 38.7 Å². The van der Waals surface area contributed by atoms with Gasteiger partial charge in [-0.15, -0.1) is 0 Å². The first-order chi connectivity index (χ1) is 9.98. The summed E-state index contributed by atoms with van der Waals surface area (Å²) in [5.41, 5.74) is 2.18. The number of hydrogen-bond acceptors (Lipinski definition) is 4. The Morgan fingerprint density at radius 1 is 1.33 bits per heavy atom. The monoisotopic (exact) mass is 282 g/mol. The fourth-order valence-corrected chi connectivity index (χ4v) is 2.92. The van der Waals surface area contributed by atoms with E-state index in [4.69, 9.17) is 10.00 Å². The number of anilines is 1. The van der Waals surface area contributed by atoms with Gasteiger partial charge in [0.05, 0.1) is 23.9 Å². The first kappa shape index (κ1) is 13.7. The summed E-state index contributed by atoms with van der Waals surface area (Å²) in [6.45, 7) is 4.74. The average molecular weight is 282 g/mol. The smallest absolute Gasteiger partial charge is 0.157 e. The van der Waals surface area contributed by atoms with Crippen molar-refractivity contribution in [3.63, 3.8) is 0 Å². The lowest BCUT2D eigenvalue weighted by Gasteiger charge is -2.42. The molecule has 4 heteroatoms. The largest absolute Gasteiger partial charge is 0.484 e. The quantitative estimate of drug-likeness (QED) is 0.794. The van der Waals surface area contributed by atoms with Gasteiger partial charge in [-0.2, -0.15) is 5.26 Å². The minimum atomic E-state index is -0.331. The number of rotatable bonds is 1. The lowest BCUT2D eigenvalue weighted by molar-refractivity contribution is -0.115. The van der Waals surface area contributed by atoms with E-state index in [0.717, 1.165) is 30.0 Å². The Kier molecular flexibility index (Phi) is 3.21. The summed E-state index contributed by atoms with van der Waals surface area (Å²) in [7, 11) is 0. The molecule has 1 aromatic carbocycles. The van der Waals surface area contributed by atoms with Crippen molar-refractivity contribution in [1.29, 1.82) is 5.26 Å². The zero-order valence-electron chi connectivity index (χ0n) is 12.3. The predicted molar refractivity (Wildman–Crippen MR) is 80.2 cm³/mol. The maximum absolute atomic E-state index is 11.7. The van der Waals surface area contributed by atoms with Gasteiger partial charge in [-0.25, -0.2) is 0 Å². The molecule has 0 spiro atoms. The Morgan fingerprint density at radius 2 is 2.14 bits per heavy atom. The number of fused-ring (bicyclic) bond motifs is 1. The molecule has 4 nitrogen and oxygen atoms in total. The lowest BCUT2D eigenvalue weighted by Crippen LogP contribution is -2.46. The number of nitrogens with zero attached hydrogens (tertiary/aromatic N) is 2. The molecule has 3 rings (SSSR count). The number of benzene rings is 1. The molecule has 0 aromatic heterocycles. The van der Waals surface area contributed by atoms with Crippen LogP contribution in [0.25, 0.3) is 0 Å². The van der Waals surface area contributed by atoms with Gasteiger partial charge in [0, 0.05) is 18.2 Å². The van der Waals surface area contributed by atoms with Crippen molar-refractivity contribution in [2.24, 2.45) is 0 Å². The van der Waals surface area contributed by atoms with Gasteiger partial charge >= 0.3 is 0 Å². The number of hydrogen-bond donors (Lipinski definition) is 0. The molecule has 0 saturated heterocycles. The van der Waals surface area contributed by atoms with E-state index >= 15 is 0 Å². The van der Waals surface area contributed by atoms with Crippen LogP contribution in [0.2, 0.25) is 0 Å². The summed E-state index contributed by atoms with van der Waals surface area (Å²) in [5, 5.41) is 9.10. The number of nitriles is 1. The Bertz CT molecular complexity index is 668. The molecular weight excluding hydrogens is 264 g/mol. The first-order valence-corrected chi connectivity index (χ1v) is 7.23. The first-order valence-electron chi connectivity index (χ1n) is 7.23. The van der Waals surface area contributed by atoms with Crippen LogP contribution in [0.4, 0.5) is 5.69 Å². The van der Waals surface area contributed by atoms with E-state index in [-0.39, 0.29) is 11.4 Å². The van der Waals surface area contributed by atoms with Crippen LogP contribution < -0.4 is 9.64 Å². The van der Waals surface area contributed by atoms with Gasteiger partial charge in [-0.05, 0) is 44.9 Å². The fourth-order valence-electron chi connectivity index (χ4n) is 2.92. The van der Waals surface area contributed by atoms with E-state index in [1.54, 1.807) is 12.1 Å². The molecule has 0 unspecified atom stereocenters. The molecule has 1 aromatic rings. The molecule has 0 saturated carbocycles. The second kappa shape index (κ2) is 4.92. The van der Waals surface area contributed by atoms with Gasteiger partial charge < -0.3 is 9.64 Å². The number of ether oxygens (including phenoxy) is 1. The van der Waals surface area contributed by atoms with Crippen molar-refractivity contribution >= 4 is 11.5 Å². The topological polar surface area (TPSA) is 53.3 Å². The van der Waals surface area contributed by atoms with Crippen LogP contribution in [0.3, 0.4) is 0 Å². The Hall–Kier alpha value is -2.28. The fraction of sp³-hybridized carbons (Fsp3) is 0.412. The van der Waals surface area contributed by atoms with Crippen LogP contribution in [0.5, 0.6) is 5.75 Å². The third-order valence-electron chi connectivity index (χ3n) is 3.83. The molecular formula is C17H18N2O2. The van der Waals surface area contributed by atoms with E-state index in [1.807, 2.05) is 26.0 Å². The van der Waals surface area contributed by atoms with Crippen LogP contribution in [0, 0.1) is 11.3 Å². The van der Waals surface area contributed by atoms with Gasteiger partial charge in [-0.1, -0.05) is 0 Å². The Morgan fingerprint density at radius 3 is 2.86 bits per heavy atom. The molecule has 1 aliphatic carbocycles. The molecule has 1 aliphatic heterocycles. The van der Waals surface area contributed by atoms with Crippen LogP contribution in [-0.2, 0) is 4.79 Å². The van der Waals surface area contributed by atoms with Gasteiger partial charge in [0.25, 0.3) is 0 Å². The summed E-state index contributed by atoms with van der Waals surface area (Å²) < 4.78 is 6.00. The van der Waals surface area contributed by atoms with Gasteiger partial charge in [0.15, 0.2) is 5.78 Å². The molecule has 1 heterocycles. The van der Waals surface area contributed by atoms with Crippen molar-refractivity contribution in [2.45, 2.75) is 38.7 Å². The lowest BCUT2D eigenvalue weighted by atomic mass is 9.98. The molecule has 0 amide bonds. The Labute approximate surface area is 124 Å². The standard InChI is InChI=1S/C17H18N2O2/c1-17(2)11-19(13-4-3-5-14(20)9-13)15-8-12(10-18)6-7-16(15)21-17/h6-9H,3-5,11H2,1-2H3. The van der Waals surface area contributed by atoms with Crippen molar-refractivity contribution in [3.8, 4) is 11.8 Å². The van der Waals surface area contributed by atoms with Crippen LogP contribution in [-0.4, -0.2) is 17.9 Å². The number of carbonyl (C=O) groups excluding carboxylic acids is 1. The highest BCUT2D eigenvalue weighted by Crippen LogP contribution is 2.40. The highest BCUT2D eigenvalue weighted by atomic mass is 16.5. The molecule has 0 fully saturated rings. The molecule has 0 bridgehead atoms. The van der Waals surface area contributed by atoms with Crippen molar-refractivity contribution < 1.29 is 9.53 Å². The third-order valence-corrected chi connectivity index (χ3v) is 3.83. The Balaban J connectivity index is 2.08. The minimum absolute atomic E-state index is 0.179. The van der Waals surface area contributed by atoms with E-state index in [0.29, 0.717) is 18.5 Å². The highest BCUT2D eigenvalue weighted by molar-refractivity contribution is 5.92. The summed E-state index contributed by atoms with van der Waals surface area (Å²) in [6.07, 6.45) is 4.14. The molecule has 2 aliphatic rings. The number of ketones is 1. The van der Waals surface area contributed by atoms with Crippen molar-refractivity contribution in [3.05, 3.63) is 35.5 Å². The second-order valence-electron chi connectivity index (χ2n) is 6.20. The predicted octanol–water partition coefficient (Wildman–Crippen LogP) is 3.17. The van der Waals surface area contributed by atoms with Crippen molar-refractivity contribution in [1.82, 2.24) is 0 Å². The zero-order chi connectivity index (χ0) is 15.0. The maximum Gasteiger partial charge on any atom is 0.157 e. The van der Waals surface area contributed by atoms with Crippen LogP contribution >= 0.6 is 0 Å². The summed E-state index contributed by atoms with van der Waals surface area (Å²) in [6, 6.07) is 7.60. The third kappa shape index (κ3) is 2.64. The van der Waals surface area contributed by atoms with Gasteiger partial charge in [0.2, 0.25) is 0 Å². The highest BCUT2D eigenvalue weighted by Gasteiger charge is 2.34. The second-order valence-corrected chi connectivity index (χ2v) is 6.20. The van der Waals surface area contributed by atoms with Crippen LogP contribution in [0.15, 0.2) is 30.0 Å². The summed E-state index contributed by atoms with van der Waals surface area (Å²) >= 11 is 0. The van der Waals surface area contributed by atoms with Crippen molar-refractivity contribution in [2.75, 3.05) is 11.4 Å². The molecule has 0 N–H and O–H groups in total. The minimum Gasteiger partial charge on any atom is -0.484 e. The van der Waals surface area contributed by atoms with E-state index in [1.165, 1.54) is 0 Å². The van der Waals surface area contributed by atoms with Gasteiger partial charge in [0.1, 0.15) is 11.4 Å². The van der Waals surface area contributed by atoms with E-state index in [2.05, 4.69) is 11.0 Å². The van der Waals surface area contributed by atoms with E-state index in [9.17, 15) is 4.79 Å².